The van der Waals surface area contributed by atoms with Crippen molar-refractivity contribution >= 4 is 6.09 Å². The van der Waals surface area contributed by atoms with E-state index in [2.05, 4.69) is 12.2 Å². The fourth-order valence-electron chi connectivity index (χ4n) is 3.28. The summed E-state index contributed by atoms with van der Waals surface area (Å²) in [4.78, 5) is 13.6. The summed E-state index contributed by atoms with van der Waals surface area (Å²) in [5.74, 6) is 1.50. The highest BCUT2D eigenvalue weighted by atomic mass is 16.5. The molecule has 1 aliphatic heterocycles. The maximum absolute atomic E-state index is 11.7. The van der Waals surface area contributed by atoms with Crippen LogP contribution in [-0.2, 0) is 4.74 Å². The molecule has 0 aromatic rings. The topological polar surface area (TPSA) is 41.6 Å². The molecule has 2 rings (SSSR count). The van der Waals surface area contributed by atoms with E-state index in [0.29, 0.717) is 12.0 Å². The van der Waals surface area contributed by atoms with Crippen LogP contribution in [0.4, 0.5) is 4.79 Å². The molecule has 2 unspecified atom stereocenters. The Balaban J connectivity index is 1.83. The first-order chi connectivity index (χ1) is 9.22. The van der Waals surface area contributed by atoms with Crippen molar-refractivity contribution in [2.75, 3.05) is 26.7 Å². The first-order valence-corrected chi connectivity index (χ1v) is 7.79. The second-order valence-electron chi connectivity index (χ2n) is 6.17. The maximum Gasteiger partial charge on any atom is 0.409 e. The minimum absolute atomic E-state index is 0.170. The molecule has 0 aromatic carbocycles. The van der Waals surface area contributed by atoms with Gasteiger partial charge in [0.25, 0.3) is 0 Å². The van der Waals surface area contributed by atoms with Crippen LogP contribution in [0.15, 0.2) is 0 Å². The molecule has 0 spiro atoms. The summed E-state index contributed by atoms with van der Waals surface area (Å²) in [6.45, 7) is 5.01. The number of hydrogen-bond acceptors (Lipinski definition) is 3. The van der Waals surface area contributed by atoms with Gasteiger partial charge in [-0.1, -0.05) is 19.8 Å². The van der Waals surface area contributed by atoms with Crippen LogP contribution in [0, 0.1) is 11.8 Å². The third-order valence-electron chi connectivity index (χ3n) is 4.59. The van der Waals surface area contributed by atoms with Gasteiger partial charge in [0.05, 0.1) is 7.11 Å². The Morgan fingerprint density at radius 3 is 2.68 bits per heavy atom. The number of nitrogens with zero attached hydrogens (tertiary/aromatic N) is 1. The van der Waals surface area contributed by atoms with Crippen molar-refractivity contribution in [3.05, 3.63) is 0 Å². The van der Waals surface area contributed by atoms with Crippen LogP contribution in [-0.4, -0.2) is 43.8 Å². The lowest BCUT2D eigenvalue weighted by Gasteiger charge is -2.38. The van der Waals surface area contributed by atoms with Crippen molar-refractivity contribution in [3.8, 4) is 0 Å². The molecule has 110 valence electrons. The van der Waals surface area contributed by atoms with Crippen LogP contribution in [0.2, 0.25) is 0 Å². The number of methoxy groups -OCH3 is 1. The van der Waals surface area contributed by atoms with Crippen LogP contribution < -0.4 is 5.32 Å². The molecule has 1 heterocycles. The molecule has 0 aromatic heterocycles. The first-order valence-electron chi connectivity index (χ1n) is 7.79. The highest BCUT2D eigenvalue weighted by molar-refractivity contribution is 5.67. The molecular weight excluding hydrogens is 240 g/mol. The van der Waals surface area contributed by atoms with E-state index in [1.165, 1.54) is 45.6 Å². The minimum Gasteiger partial charge on any atom is -0.453 e. The van der Waals surface area contributed by atoms with Gasteiger partial charge in [-0.15, -0.1) is 0 Å². The van der Waals surface area contributed by atoms with Gasteiger partial charge >= 0.3 is 6.09 Å². The predicted molar refractivity (Wildman–Crippen MR) is 76.1 cm³/mol. The van der Waals surface area contributed by atoms with Crippen molar-refractivity contribution in [3.63, 3.8) is 0 Å². The molecule has 1 N–H and O–H groups in total. The molecule has 4 heteroatoms. The molecular formula is C15H28N2O2. The molecule has 4 nitrogen and oxygen atoms in total. The third kappa shape index (κ3) is 4.10. The number of hydrogen-bond donors (Lipinski definition) is 1. The van der Waals surface area contributed by atoms with Crippen molar-refractivity contribution in [2.45, 2.75) is 51.5 Å². The van der Waals surface area contributed by atoms with E-state index in [9.17, 15) is 4.79 Å². The molecule has 19 heavy (non-hydrogen) atoms. The molecule has 1 amide bonds. The Bertz CT molecular complexity index is 292. The smallest absolute Gasteiger partial charge is 0.409 e. The van der Waals surface area contributed by atoms with Gasteiger partial charge in [0, 0.05) is 19.1 Å². The van der Waals surface area contributed by atoms with E-state index in [4.69, 9.17) is 4.74 Å². The second-order valence-corrected chi connectivity index (χ2v) is 6.17. The van der Waals surface area contributed by atoms with E-state index in [-0.39, 0.29) is 6.09 Å². The Morgan fingerprint density at radius 2 is 2.11 bits per heavy atom. The number of nitrogens with one attached hydrogen (secondary N) is 1. The molecule has 1 aliphatic carbocycles. The van der Waals surface area contributed by atoms with E-state index in [1.54, 1.807) is 0 Å². The van der Waals surface area contributed by atoms with E-state index in [1.807, 2.05) is 4.90 Å². The number of carbonyl (C=O) groups is 1. The Kier molecular flexibility index (Phi) is 5.49. The van der Waals surface area contributed by atoms with Gasteiger partial charge in [-0.25, -0.2) is 4.79 Å². The van der Waals surface area contributed by atoms with Gasteiger partial charge in [-0.3, -0.25) is 0 Å². The number of ether oxygens (including phenoxy) is 1. The lowest BCUT2D eigenvalue weighted by atomic mass is 9.84. The van der Waals surface area contributed by atoms with Gasteiger partial charge < -0.3 is 15.0 Å². The van der Waals surface area contributed by atoms with Crippen LogP contribution in [0.5, 0.6) is 0 Å². The Labute approximate surface area is 116 Å². The number of amides is 1. The fraction of sp³-hybridized carbons (Fsp3) is 0.933. The summed E-state index contributed by atoms with van der Waals surface area (Å²) in [5.41, 5.74) is 0. The van der Waals surface area contributed by atoms with Crippen molar-refractivity contribution in [2.24, 2.45) is 11.8 Å². The summed E-state index contributed by atoms with van der Waals surface area (Å²) in [6.07, 6.45) is 7.57. The summed E-state index contributed by atoms with van der Waals surface area (Å²) in [5, 5.41) is 3.67. The number of piperidine rings is 1. The van der Waals surface area contributed by atoms with Crippen LogP contribution in [0.3, 0.4) is 0 Å². The quantitative estimate of drug-likeness (QED) is 0.833. The second kappa shape index (κ2) is 7.13. The SMILES string of the molecule is CCCC1CC(NCC2CCC2)CN(C(=O)OC)C1. The fourth-order valence-corrected chi connectivity index (χ4v) is 3.28. The predicted octanol–water partition coefficient (Wildman–Crippen LogP) is 2.63. The highest BCUT2D eigenvalue weighted by Gasteiger charge is 2.30. The number of rotatable bonds is 5. The maximum atomic E-state index is 11.7. The minimum atomic E-state index is -0.170. The van der Waals surface area contributed by atoms with E-state index >= 15 is 0 Å². The molecule has 0 bridgehead atoms. The van der Waals surface area contributed by atoms with E-state index < -0.39 is 0 Å². The lowest BCUT2D eigenvalue weighted by Crippen LogP contribution is -2.52. The van der Waals surface area contributed by atoms with Crippen molar-refractivity contribution in [1.82, 2.24) is 10.2 Å². The van der Waals surface area contributed by atoms with Crippen LogP contribution in [0.25, 0.3) is 0 Å². The average molecular weight is 268 g/mol. The zero-order chi connectivity index (χ0) is 13.7. The molecule has 2 fully saturated rings. The molecule has 2 atom stereocenters. The largest absolute Gasteiger partial charge is 0.453 e. The summed E-state index contributed by atoms with van der Waals surface area (Å²) in [7, 11) is 1.47. The van der Waals surface area contributed by atoms with Crippen molar-refractivity contribution < 1.29 is 9.53 Å². The lowest BCUT2D eigenvalue weighted by molar-refractivity contribution is 0.0872. The summed E-state index contributed by atoms with van der Waals surface area (Å²) in [6, 6.07) is 0.449. The zero-order valence-corrected chi connectivity index (χ0v) is 12.4. The summed E-state index contributed by atoms with van der Waals surface area (Å²) >= 11 is 0. The zero-order valence-electron chi connectivity index (χ0n) is 12.4. The first kappa shape index (κ1) is 14.6. The van der Waals surface area contributed by atoms with Gasteiger partial charge in [0.2, 0.25) is 0 Å². The monoisotopic (exact) mass is 268 g/mol. The molecule has 0 radical (unpaired) electrons. The Morgan fingerprint density at radius 1 is 1.32 bits per heavy atom. The van der Waals surface area contributed by atoms with Gasteiger partial charge in [-0.2, -0.15) is 0 Å². The van der Waals surface area contributed by atoms with Crippen LogP contribution in [0.1, 0.15) is 45.4 Å². The molecule has 2 aliphatic rings. The number of likely N-dealkylation sites (tertiary alicyclic amines) is 1. The third-order valence-corrected chi connectivity index (χ3v) is 4.59. The van der Waals surface area contributed by atoms with Gasteiger partial charge in [-0.05, 0) is 44.1 Å². The summed E-state index contributed by atoms with van der Waals surface area (Å²) < 4.78 is 4.88. The van der Waals surface area contributed by atoms with E-state index in [0.717, 1.165) is 25.6 Å². The van der Waals surface area contributed by atoms with Gasteiger partial charge in [0.1, 0.15) is 0 Å². The Hall–Kier alpha value is -0.770. The van der Waals surface area contributed by atoms with Crippen molar-refractivity contribution in [1.29, 1.82) is 0 Å². The van der Waals surface area contributed by atoms with Gasteiger partial charge in [0.15, 0.2) is 0 Å². The van der Waals surface area contributed by atoms with Crippen LogP contribution >= 0.6 is 0 Å². The molecule has 1 saturated heterocycles. The number of carbonyl (C=O) groups excluding carboxylic acids is 1. The molecule has 1 saturated carbocycles. The average Bonchev–Trinajstić information content (AvgIpc) is 2.36. The standard InChI is InChI=1S/C15H28N2O2/c1-3-5-13-8-14(16-9-12-6-4-7-12)11-17(10-13)15(18)19-2/h12-14,16H,3-11H2,1-2H3. The normalized spacial score (nSPS) is 28.0. The highest BCUT2D eigenvalue weighted by Crippen LogP contribution is 2.26.